The molecular weight excluding hydrogens is 462 g/mol. The Labute approximate surface area is 214 Å². The molecule has 6 heteroatoms. The van der Waals surface area contributed by atoms with Crippen molar-refractivity contribution in [3.8, 4) is 28.2 Å². The molecule has 0 saturated heterocycles. The monoisotopic (exact) mass is 485 g/mol. The van der Waals surface area contributed by atoms with Crippen LogP contribution in [0.4, 0.5) is 0 Å². The van der Waals surface area contributed by atoms with E-state index in [1.54, 1.807) is 24.3 Å². The first-order valence-electron chi connectivity index (χ1n) is 11.7. The lowest BCUT2D eigenvalue weighted by Gasteiger charge is -2.15. The first-order chi connectivity index (χ1) is 18.1. The van der Waals surface area contributed by atoms with Crippen LogP contribution in [0.1, 0.15) is 26.3 Å². The fourth-order valence-corrected chi connectivity index (χ4v) is 4.09. The summed E-state index contributed by atoms with van der Waals surface area (Å²) in [6, 6.07) is 38.2. The number of nitrogens with zero attached hydrogens (tertiary/aromatic N) is 2. The van der Waals surface area contributed by atoms with Crippen LogP contribution < -0.4 is 5.43 Å². The van der Waals surface area contributed by atoms with Gasteiger partial charge in [0.1, 0.15) is 0 Å². The van der Waals surface area contributed by atoms with Crippen molar-refractivity contribution in [1.29, 1.82) is 0 Å². The molecule has 2 N–H and O–H groups in total. The van der Waals surface area contributed by atoms with Gasteiger partial charge in [0, 0.05) is 11.3 Å². The van der Waals surface area contributed by atoms with Gasteiger partial charge in [0.2, 0.25) is 0 Å². The summed E-state index contributed by atoms with van der Waals surface area (Å²) in [6.07, 6.45) is 1.47. The lowest BCUT2D eigenvalue weighted by Crippen LogP contribution is -2.17. The maximum absolute atomic E-state index is 12.6. The highest BCUT2D eigenvalue weighted by Crippen LogP contribution is 2.32. The van der Waals surface area contributed by atoms with Gasteiger partial charge in [0.05, 0.1) is 23.2 Å². The predicted octanol–water partition coefficient (Wildman–Crippen LogP) is 6.27. The van der Waals surface area contributed by atoms with Gasteiger partial charge in [-0.2, -0.15) is 5.10 Å². The number of rotatable bonds is 7. The quantitative estimate of drug-likeness (QED) is 0.210. The number of aromatic nitrogens is 1. The van der Waals surface area contributed by atoms with Crippen LogP contribution in [0.2, 0.25) is 0 Å². The van der Waals surface area contributed by atoms with Crippen LogP contribution in [-0.2, 0) is 0 Å². The summed E-state index contributed by atoms with van der Waals surface area (Å²) in [5.41, 5.74) is 9.08. The second kappa shape index (κ2) is 10.6. The van der Waals surface area contributed by atoms with Crippen LogP contribution in [0, 0.1) is 0 Å². The highest BCUT2D eigenvalue weighted by Gasteiger charge is 2.14. The molecule has 5 rings (SSSR count). The number of nitrogens with one attached hydrogen (secondary N) is 1. The van der Waals surface area contributed by atoms with Gasteiger partial charge < -0.3 is 9.67 Å². The van der Waals surface area contributed by atoms with Crippen LogP contribution in [0.25, 0.3) is 28.2 Å². The Hall–Kier alpha value is -5.23. The van der Waals surface area contributed by atoms with Crippen molar-refractivity contribution in [2.45, 2.75) is 0 Å². The number of hydrazone groups is 1. The zero-order valence-electron chi connectivity index (χ0n) is 19.8. The maximum atomic E-state index is 12.6. The van der Waals surface area contributed by atoms with E-state index in [1.807, 2.05) is 48.5 Å². The first-order valence-corrected chi connectivity index (χ1v) is 11.7. The van der Waals surface area contributed by atoms with Crippen molar-refractivity contribution in [3.05, 3.63) is 138 Å². The van der Waals surface area contributed by atoms with Crippen LogP contribution in [0.5, 0.6) is 0 Å². The minimum atomic E-state index is -0.994. The summed E-state index contributed by atoms with van der Waals surface area (Å²) in [4.78, 5) is 23.6. The van der Waals surface area contributed by atoms with Gasteiger partial charge in [-0.1, -0.05) is 72.8 Å². The van der Waals surface area contributed by atoms with Crippen molar-refractivity contribution in [2.24, 2.45) is 5.10 Å². The number of carbonyl (C=O) groups excluding carboxylic acids is 1. The van der Waals surface area contributed by atoms with E-state index in [9.17, 15) is 9.59 Å². The van der Waals surface area contributed by atoms with Gasteiger partial charge in [-0.3, -0.25) is 4.79 Å². The molecule has 1 aromatic heterocycles. The molecule has 6 nitrogen and oxygen atoms in total. The van der Waals surface area contributed by atoms with Crippen molar-refractivity contribution in [2.75, 3.05) is 0 Å². The number of amides is 1. The molecule has 0 fully saturated rings. The van der Waals surface area contributed by atoms with E-state index in [0.29, 0.717) is 11.1 Å². The second-order valence-electron chi connectivity index (χ2n) is 8.34. The smallest absolute Gasteiger partial charge is 0.335 e. The summed E-state index contributed by atoms with van der Waals surface area (Å²) in [5, 5.41) is 13.0. The molecule has 0 unspecified atom stereocenters. The van der Waals surface area contributed by atoms with E-state index < -0.39 is 5.97 Å². The standard InChI is InChI=1S/C31H23N3O3/c35-30(33-32-21-22-11-13-26(14-12-22)31(36)37)25-15-17-27(18-16-25)34-28(23-7-3-1-4-8-23)19-20-29(34)24-9-5-2-6-10-24/h1-21H,(H,33,35)(H,36,37)/b32-21-. The molecule has 0 aliphatic heterocycles. The number of carboxylic acid groups (broad SMARTS) is 1. The first kappa shape index (κ1) is 23.5. The molecule has 4 aromatic carbocycles. The molecule has 0 saturated carbocycles. The number of carbonyl (C=O) groups is 2. The number of hydrogen-bond donors (Lipinski definition) is 2. The van der Waals surface area contributed by atoms with Crippen LogP contribution >= 0.6 is 0 Å². The highest BCUT2D eigenvalue weighted by atomic mass is 16.4. The molecule has 180 valence electrons. The van der Waals surface area contributed by atoms with E-state index >= 15 is 0 Å². The van der Waals surface area contributed by atoms with Gasteiger partial charge in [-0.05, 0) is 65.2 Å². The van der Waals surface area contributed by atoms with Crippen molar-refractivity contribution in [3.63, 3.8) is 0 Å². The lowest BCUT2D eigenvalue weighted by atomic mass is 10.1. The van der Waals surface area contributed by atoms with E-state index in [-0.39, 0.29) is 11.5 Å². The molecule has 0 aliphatic rings. The zero-order valence-corrected chi connectivity index (χ0v) is 19.8. The molecule has 5 aromatic rings. The average molecular weight is 486 g/mol. The lowest BCUT2D eigenvalue weighted by molar-refractivity contribution is 0.0696. The Morgan fingerprint density at radius 2 is 1.16 bits per heavy atom. The Bertz CT molecular complexity index is 1500. The van der Waals surface area contributed by atoms with E-state index in [4.69, 9.17) is 5.11 Å². The largest absolute Gasteiger partial charge is 0.478 e. The maximum Gasteiger partial charge on any atom is 0.335 e. The van der Waals surface area contributed by atoms with Crippen molar-refractivity contribution in [1.82, 2.24) is 9.99 Å². The summed E-state index contributed by atoms with van der Waals surface area (Å²) in [6.45, 7) is 0. The van der Waals surface area contributed by atoms with Crippen LogP contribution in [0.3, 0.4) is 0 Å². The summed E-state index contributed by atoms with van der Waals surface area (Å²) >= 11 is 0. The summed E-state index contributed by atoms with van der Waals surface area (Å²) < 4.78 is 2.19. The number of benzene rings is 4. The molecule has 37 heavy (non-hydrogen) atoms. The SMILES string of the molecule is O=C(O)c1ccc(/C=N\NC(=O)c2ccc(-n3c(-c4ccccc4)ccc3-c3ccccc3)cc2)cc1. The Balaban J connectivity index is 1.39. The Morgan fingerprint density at radius 3 is 1.68 bits per heavy atom. The third-order valence-electron chi connectivity index (χ3n) is 5.95. The fourth-order valence-electron chi connectivity index (χ4n) is 4.09. The number of aromatic carboxylic acids is 1. The topological polar surface area (TPSA) is 83.7 Å². The molecule has 0 atom stereocenters. The van der Waals surface area contributed by atoms with E-state index in [0.717, 1.165) is 28.2 Å². The zero-order chi connectivity index (χ0) is 25.6. The average Bonchev–Trinajstić information content (AvgIpc) is 3.40. The third-order valence-corrected chi connectivity index (χ3v) is 5.95. The van der Waals surface area contributed by atoms with Gasteiger partial charge in [0.25, 0.3) is 5.91 Å². The molecule has 0 radical (unpaired) electrons. The molecule has 0 spiro atoms. The van der Waals surface area contributed by atoms with Crippen molar-refractivity contribution < 1.29 is 14.7 Å². The second-order valence-corrected chi connectivity index (χ2v) is 8.34. The summed E-state index contributed by atoms with van der Waals surface area (Å²) in [5.74, 6) is -1.34. The molecule has 1 heterocycles. The fraction of sp³-hybridized carbons (Fsp3) is 0. The Morgan fingerprint density at radius 1 is 0.649 bits per heavy atom. The van der Waals surface area contributed by atoms with Crippen molar-refractivity contribution >= 4 is 18.1 Å². The number of hydrogen-bond acceptors (Lipinski definition) is 3. The molecule has 1 amide bonds. The number of carboxylic acids is 1. The Kier molecular flexibility index (Phi) is 6.72. The van der Waals surface area contributed by atoms with Gasteiger partial charge in [-0.25, -0.2) is 10.2 Å². The molecule has 0 aliphatic carbocycles. The minimum absolute atomic E-state index is 0.190. The molecule has 0 bridgehead atoms. The predicted molar refractivity (Wildman–Crippen MR) is 145 cm³/mol. The van der Waals surface area contributed by atoms with E-state index in [1.165, 1.54) is 18.3 Å². The molecular formula is C31H23N3O3. The van der Waals surface area contributed by atoms with Crippen LogP contribution in [-0.4, -0.2) is 27.8 Å². The van der Waals surface area contributed by atoms with Crippen LogP contribution in [0.15, 0.2) is 126 Å². The summed E-state index contributed by atoms with van der Waals surface area (Å²) in [7, 11) is 0. The third kappa shape index (κ3) is 5.23. The van der Waals surface area contributed by atoms with Gasteiger partial charge in [0.15, 0.2) is 0 Å². The van der Waals surface area contributed by atoms with Gasteiger partial charge in [-0.15, -0.1) is 0 Å². The minimum Gasteiger partial charge on any atom is -0.478 e. The van der Waals surface area contributed by atoms with Gasteiger partial charge >= 0.3 is 5.97 Å². The van der Waals surface area contributed by atoms with E-state index in [2.05, 4.69) is 51.5 Å². The normalized spacial score (nSPS) is 10.9. The highest BCUT2D eigenvalue weighted by molar-refractivity contribution is 5.95.